The van der Waals surface area contributed by atoms with Crippen molar-refractivity contribution in [2.75, 3.05) is 6.54 Å². The Balaban J connectivity index is 1.95. The standard InChI is InChI=1S/C18H30N2/c1-4-20(18-10-5-6-11-18)14-17-9-7-8-16(12-17)13-19-15(2)3/h7-9,12,15,18-19H,4-6,10-11,13-14H2,1-3H3. The van der Waals surface area contributed by atoms with Crippen molar-refractivity contribution in [2.45, 2.75) is 71.6 Å². The van der Waals surface area contributed by atoms with Crippen molar-refractivity contribution in [1.82, 2.24) is 10.2 Å². The fourth-order valence-electron chi connectivity index (χ4n) is 3.16. The van der Waals surface area contributed by atoms with Gasteiger partial charge in [0.1, 0.15) is 0 Å². The molecule has 0 radical (unpaired) electrons. The van der Waals surface area contributed by atoms with E-state index in [1.165, 1.54) is 43.4 Å². The summed E-state index contributed by atoms with van der Waals surface area (Å²) >= 11 is 0. The van der Waals surface area contributed by atoms with Crippen LogP contribution in [0.5, 0.6) is 0 Å². The van der Waals surface area contributed by atoms with Crippen molar-refractivity contribution in [3.63, 3.8) is 0 Å². The van der Waals surface area contributed by atoms with E-state index in [1.54, 1.807) is 0 Å². The second-order valence-corrected chi connectivity index (χ2v) is 6.36. The zero-order valence-corrected chi connectivity index (χ0v) is 13.4. The molecule has 1 aromatic rings. The summed E-state index contributed by atoms with van der Waals surface area (Å²) in [4.78, 5) is 2.65. The number of hydrogen-bond acceptors (Lipinski definition) is 2. The average molecular weight is 274 g/mol. The van der Waals surface area contributed by atoms with Crippen LogP contribution >= 0.6 is 0 Å². The molecule has 2 heteroatoms. The summed E-state index contributed by atoms with van der Waals surface area (Å²) in [5.74, 6) is 0. The van der Waals surface area contributed by atoms with Crippen LogP contribution in [0, 0.1) is 0 Å². The van der Waals surface area contributed by atoms with Gasteiger partial charge >= 0.3 is 0 Å². The Kier molecular flexibility index (Phi) is 6.06. The van der Waals surface area contributed by atoms with Crippen molar-refractivity contribution < 1.29 is 0 Å². The van der Waals surface area contributed by atoms with Crippen LogP contribution in [0.3, 0.4) is 0 Å². The molecular weight excluding hydrogens is 244 g/mol. The Morgan fingerprint density at radius 2 is 1.90 bits per heavy atom. The van der Waals surface area contributed by atoms with E-state index in [0.717, 1.165) is 19.1 Å². The van der Waals surface area contributed by atoms with Crippen molar-refractivity contribution in [3.8, 4) is 0 Å². The highest BCUT2D eigenvalue weighted by atomic mass is 15.1. The number of hydrogen-bond donors (Lipinski definition) is 1. The maximum Gasteiger partial charge on any atom is 0.0236 e. The lowest BCUT2D eigenvalue weighted by Gasteiger charge is -2.27. The lowest BCUT2D eigenvalue weighted by Crippen LogP contribution is -2.32. The Hall–Kier alpha value is -0.860. The van der Waals surface area contributed by atoms with E-state index >= 15 is 0 Å². The molecule has 0 atom stereocenters. The lowest BCUT2D eigenvalue weighted by atomic mass is 10.1. The third-order valence-electron chi connectivity index (χ3n) is 4.34. The number of nitrogens with one attached hydrogen (secondary N) is 1. The van der Waals surface area contributed by atoms with E-state index in [4.69, 9.17) is 0 Å². The molecule has 0 amide bonds. The minimum Gasteiger partial charge on any atom is -0.310 e. The van der Waals surface area contributed by atoms with Gasteiger partial charge in [0.05, 0.1) is 0 Å². The van der Waals surface area contributed by atoms with Gasteiger partial charge < -0.3 is 5.32 Å². The van der Waals surface area contributed by atoms with Gasteiger partial charge in [0.2, 0.25) is 0 Å². The summed E-state index contributed by atoms with van der Waals surface area (Å²) < 4.78 is 0. The summed E-state index contributed by atoms with van der Waals surface area (Å²) in [5.41, 5.74) is 2.86. The van der Waals surface area contributed by atoms with Crippen LogP contribution in [0.4, 0.5) is 0 Å². The van der Waals surface area contributed by atoms with Crippen LogP contribution in [0.2, 0.25) is 0 Å². The predicted molar refractivity (Wildman–Crippen MR) is 86.8 cm³/mol. The molecule has 1 aromatic carbocycles. The second-order valence-electron chi connectivity index (χ2n) is 6.36. The molecule has 2 rings (SSSR count). The third-order valence-corrected chi connectivity index (χ3v) is 4.34. The number of benzene rings is 1. The normalized spacial score (nSPS) is 16.4. The Morgan fingerprint density at radius 3 is 2.55 bits per heavy atom. The molecule has 1 aliphatic rings. The minimum atomic E-state index is 0.546. The van der Waals surface area contributed by atoms with Gasteiger partial charge in [0.25, 0.3) is 0 Å². The van der Waals surface area contributed by atoms with E-state index in [0.29, 0.717) is 6.04 Å². The van der Waals surface area contributed by atoms with Gasteiger partial charge in [-0.2, -0.15) is 0 Å². The molecule has 0 saturated heterocycles. The largest absolute Gasteiger partial charge is 0.310 e. The van der Waals surface area contributed by atoms with E-state index in [-0.39, 0.29) is 0 Å². The molecule has 1 aliphatic carbocycles. The van der Waals surface area contributed by atoms with Gasteiger partial charge in [-0.25, -0.2) is 0 Å². The highest BCUT2D eigenvalue weighted by Gasteiger charge is 2.21. The summed E-state index contributed by atoms with van der Waals surface area (Å²) in [6, 6.07) is 10.4. The van der Waals surface area contributed by atoms with Crippen LogP contribution in [0.1, 0.15) is 57.6 Å². The molecule has 0 heterocycles. The van der Waals surface area contributed by atoms with E-state index in [2.05, 4.69) is 55.3 Å². The molecule has 0 aliphatic heterocycles. The zero-order chi connectivity index (χ0) is 14.4. The van der Waals surface area contributed by atoms with Crippen molar-refractivity contribution >= 4 is 0 Å². The van der Waals surface area contributed by atoms with Crippen molar-refractivity contribution in [2.24, 2.45) is 0 Å². The highest BCUT2D eigenvalue weighted by molar-refractivity contribution is 5.23. The molecule has 0 bridgehead atoms. The first kappa shape index (κ1) is 15.5. The van der Waals surface area contributed by atoms with Gasteiger partial charge in [0.15, 0.2) is 0 Å². The molecule has 0 spiro atoms. The van der Waals surface area contributed by atoms with Gasteiger partial charge in [0, 0.05) is 25.2 Å². The Bertz CT molecular complexity index is 394. The van der Waals surface area contributed by atoms with Crippen LogP contribution < -0.4 is 5.32 Å². The van der Waals surface area contributed by atoms with Gasteiger partial charge in [-0.05, 0) is 30.5 Å². The molecule has 1 saturated carbocycles. The molecule has 1 N–H and O–H groups in total. The topological polar surface area (TPSA) is 15.3 Å². The van der Waals surface area contributed by atoms with Gasteiger partial charge in [-0.15, -0.1) is 0 Å². The summed E-state index contributed by atoms with van der Waals surface area (Å²) in [5, 5.41) is 3.50. The van der Waals surface area contributed by atoms with Gasteiger partial charge in [-0.1, -0.05) is 57.9 Å². The van der Waals surface area contributed by atoms with Gasteiger partial charge in [-0.3, -0.25) is 4.90 Å². The van der Waals surface area contributed by atoms with E-state index in [9.17, 15) is 0 Å². The van der Waals surface area contributed by atoms with Crippen molar-refractivity contribution in [3.05, 3.63) is 35.4 Å². The SMILES string of the molecule is CCN(Cc1cccc(CNC(C)C)c1)C1CCCC1. The molecule has 0 aromatic heterocycles. The Labute approximate surface area is 124 Å². The molecule has 0 unspecified atom stereocenters. The van der Waals surface area contributed by atoms with E-state index < -0.39 is 0 Å². The quantitative estimate of drug-likeness (QED) is 0.810. The van der Waals surface area contributed by atoms with Crippen molar-refractivity contribution in [1.29, 1.82) is 0 Å². The minimum absolute atomic E-state index is 0.546. The maximum atomic E-state index is 3.50. The molecule has 1 fully saturated rings. The first-order valence-electron chi connectivity index (χ1n) is 8.24. The monoisotopic (exact) mass is 274 g/mol. The first-order valence-corrected chi connectivity index (χ1v) is 8.24. The Morgan fingerprint density at radius 1 is 1.20 bits per heavy atom. The zero-order valence-electron chi connectivity index (χ0n) is 13.4. The predicted octanol–water partition coefficient (Wildman–Crippen LogP) is 3.95. The first-order chi connectivity index (χ1) is 9.69. The molecule has 2 nitrogen and oxygen atoms in total. The lowest BCUT2D eigenvalue weighted by molar-refractivity contribution is 0.200. The fourth-order valence-corrected chi connectivity index (χ4v) is 3.16. The van der Waals surface area contributed by atoms with Crippen LogP contribution in [0.15, 0.2) is 24.3 Å². The maximum absolute atomic E-state index is 3.50. The fraction of sp³-hybridized carbons (Fsp3) is 0.667. The van der Waals surface area contributed by atoms with Crippen LogP contribution in [-0.4, -0.2) is 23.5 Å². The summed E-state index contributed by atoms with van der Waals surface area (Å²) in [6.07, 6.45) is 5.61. The number of nitrogens with zero attached hydrogens (tertiary/aromatic N) is 1. The molecule has 20 heavy (non-hydrogen) atoms. The second kappa shape index (κ2) is 7.80. The highest BCUT2D eigenvalue weighted by Crippen LogP contribution is 2.24. The molecular formula is C18H30N2. The van der Waals surface area contributed by atoms with E-state index in [1.807, 2.05) is 0 Å². The molecule has 112 valence electrons. The number of rotatable bonds is 7. The average Bonchev–Trinajstić information content (AvgIpc) is 2.97. The summed E-state index contributed by atoms with van der Waals surface area (Å²) in [6.45, 7) is 9.94. The van der Waals surface area contributed by atoms with Crippen LogP contribution in [0.25, 0.3) is 0 Å². The summed E-state index contributed by atoms with van der Waals surface area (Å²) in [7, 11) is 0. The van der Waals surface area contributed by atoms with Crippen LogP contribution in [-0.2, 0) is 13.1 Å². The third kappa shape index (κ3) is 4.60. The smallest absolute Gasteiger partial charge is 0.0236 e.